The Morgan fingerprint density at radius 3 is 2.21 bits per heavy atom. The predicted molar refractivity (Wildman–Crippen MR) is 58.5 cm³/mol. The molecule has 0 amide bonds. The summed E-state index contributed by atoms with van der Waals surface area (Å²) in [6, 6.07) is 0. The number of fused-ring (bicyclic) bond motifs is 1. The van der Waals surface area contributed by atoms with Gasteiger partial charge < -0.3 is 4.74 Å². The van der Waals surface area contributed by atoms with E-state index in [4.69, 9.17) is 4.74 Å². The van der Waals surface area contributed by atoms with E-state index in [9.17, 15) is 0 Å². The Kier molecular flexibility index (Phi) is 2.61. The van der Waals surface area contributed by atoms with Crippen LogP contribution in [0.2, 0.25) is 0 Å². The maximum Gasteiger partial charge on any atom is 0.0657 e. The average Bonchev–Trinajstić information content (AvgIpc) is 2.56. The third-order valence-corrected chi connectivity index (χ3v) is 3.59. The highest BCUT2D eigenvalue weighted by atomic mass is 16.5. The minimum absolute atomic E-state index is 0.0194. The lowest BCUT2D eigenvalue weighted by atomic mass is 9.95. The molecule has 0 aromatic heterocycles. The smallest absolute Gasteiger partial charge is 0.0657 e. The van der Waals surface area contributed by atoms with E-state index in [1.165, 1.54) is 38.8 Å². The molecule has 2 heteroatoms. The first-order valence-corrected chi connectivity index (χ1v) is 5.91. The van der Waals surface area contributed by atoms with E-state index in [1.54, 1.807) is 0 Å². The molecule has 0 bridgehead atoms. The molecular formula is C12H23NO. The average molecular weight is 197 g/mol. The Balaban J connectivity index is 1.95. The molecule has 0 aliphatic carbocycles. The fraction of sp³-hybridized carbons (Fsp3) is 1.00. The Morgan fingerprint density at radius 2 is 1.71 bits per heavy atom. The summed E-state index contributed by atoms with van der Waals surface area (Å²) in [4.78, 5) is 2.65. The summed E-state index contributed by atoms with van der Waals surface area (Å²) >= 11 is 0. The van der Waals surface area contributed by atoms with Crippen LogP contribution in [0.4, 0.5) is 0 Å². The van der Waals surface area contributed by atoms with Crippen molar-refractivity contribution in [2.45, 2.75) is 57.6 Å². The summed E-state index contributed by atoms with van der Waals surface area (Å²) < 4.78 is 5.98. The first-order valence-electron chi connectivity index (χ1n) is 5.91. The van der Waals surface area contributed by atoms with Crippen LogP contribution >= 0.6 is 0 Å². The van der Waals surface area contributed by atoms with Gasteiger partial charge in [-0.25, -0.2) is 0 Å². The summed E-state index contributed by atoms with van der Waals surface area (Å²) in [5, 5.41) is 0. The summed E-state index contributed by atoms with van der Waals surface area (Å²) in [6.45, 7) is 9.99. The van der Waals surface area contributed by atoms with Gasteiger partial charge in [0.2, 0.25) is 0 Å². The molecule has 2 aliphatic heterocycles. The van der Waals surface area contributed by atoms with Crippen molar-refractivity contribution in [3.8, 4) is 0 Å². The van der Waals surface area contributed by atoms with Crippen molar-refractivity contribution >= 4 is 0 Å². The van der Waals surface area contributed by atoms with Crippen LogP contribution in [0.25, 0.3) is 0 Å². The summed E-state index contributed by atoms with van der Waals surface area (Å²) in [5.41, 5.74) is 0.443. The fourth-order valence-electron chi connectivity index (χ4n) is 2.81. The fourth-order valence-corrected chi connectivity index (χ4v) is 2.81. The molecule has 2 rings (SSSR count). The molecule has 0 unspecified atom stereocenters. The van der Waals surface area contributed by atoms with Crippen LogP contribution < -0.4 is 0 Å². The molecule has 2 saturated heterocycles. The van der Waals surface area contributed by atoms with Gasteiger partial charge in [-0.3, -0.25) is 4.90 Å². The van der Waals surface area contributed by atoms with Crippen LogP contribution in [-0.4, -0.2) is 35.7 Å². The van der Waals surface area contributed by atoms with Crippen LogP contribution in [0.15, 0.2) is 0 Å². The van der Waals surface area contributed by atoms with Crippen LogP contribution in [0.5, 0.6) is 0 Å². The Labute approximate surface area is 87.6 Å². The molecule has 2 fully saturated rings. The molecule has 0 N–H and O–H groups in total. The zero-order chi connectivity index (χ0) is 10.2. The molecular weight excluding hydrogens is 174 g/mol. The van der Waals surface area contributed by atoms with Crippen molar-refractivity contribution in [2.24, 2.45) is 0 Å². The van der Waals surface area contributed by atoms with Crippen molar-refractivity contribution in [2.75, 3.05) is 19.7 Å². The number of nitrogens with zero attached hydrogens (tertiary/aromatic N) is 1. The molecule has 2 heterocycles. The molecule has 0 aromatic rings. The van der Waals surface area contributed by atoms with Gasteiger partial charge in [-0.2, -0.15) is 0 Å². The lowest BCUT2D eigenvalue weighted by Gasteiger charge is -2.34. The van der Waals surface area contributed by atoms with E-state index in [0.717, 1.165) is 6.61 Å². The number of rotatable bonds is 2. The maximum absolute atomic E-state index is 5.98. The second-order valence-corrected chi connectivity index (χ2v) is 5.82. The number of hydrogen-bond donors (Lipinski definition) is 0. The van der Waals surface area contributed by atoms with Crippen molar-refractivity contribution in [3.63, 3.8) is 0 Å². The van der Waals surface area contributed by atoms with Crippen molar-refractivity contribution < 1.29 is 4.74 Å². The van der Waals surface area contributed by atoms with Gasteiger partial charge >= 0.3 is 0 Å². The second kappa shape index (κ2) is 3.49. The molecule has 0 saturated carbocycles. The van der Waals surface area contributed by atoms with E-state index in [0.29, 0.717) is 5.54 Å². The molecule has 2 aliphatic rings. The standard InChI is InChI=1S/C12H23NO/c1-11(2,3)14-10-12-6-4-8-13(12)9-5-7-12/h4-10H2,1-3H3. The Morgan fingerprint density at radius 1 is 1.14 bits per heavy atom. The van der Waals surface area contributed by atoms with Gasteiger partial charge in [0.05, 0.1) is 12.2 Å². The van der Waals surface area contributed by atoms with Crippen LogP contribution in [-0.2, 0) is 4.74 Å². The third-order valence-electron chi connectivity index (χ3n) is 3.59. The number of hydrogen-bond acceptors (Lipinski definition) is 2. The highest BCUT2D eigenvalue weighted by Crippen LogP contribution is 2.39. The Bertz CT molecular complexity index is 197. The van der Waals surface area contributed by atoms with Crippen molar-refractivity contribution in [1.82, 2.24) is 4.90 Å². The quantitative estimate of drug-likeness (QED) is 0.674. The van der Waals surface area contributed by atoms with E-state index < -0.39 is 0 Å². The molecule has 0 radical (unpaired) electrons. The summed E-state index contributed by atoms with van der Waals surface area (Å²) in [6.07, 6.45) is 5.44. The molecule has 14 heavy (non-hydrogen) atoms. The van der Waals surface area contributed by atoms with Gasteiger partial charge in [-0.1, -0.05) is 0 Å². The van der Waals surface area contributed by atoms with Gasteiger partial charge in [0, 0.05) is 5.54 Å². The lowest BCUT2D eigenvalue weighted by molar-refractivity contribution is -0.0522. The van der Waals surface area contributed by atoms with Crippen LogP contribution in [0.1, 0.15) is 46.5 Å². The largest absolute Gasteiger partial charge is 0.374 e. The normalized spacial score (nSPS) is 26.8. The van der Waals surface area contributed by atoms with Gasteiger partial charge in [0.25, 0.3) is 0 Å². The van der Waals surface area contributed by atoms with Gasteiger partial charge in [0.15, 0.2) is 0 Å². The molecule has 2 nitrogen and oxygen atoms in total. The van der Waals surface area contributed by atoms with E-state index >= 15 is 0 Å². The third kappa shape index (κ3) is 1.96. The van der Waals surface area contributed by atoms with Crippen molar-refractivity contribution in [3.05, 3.63) is 0 Å². The summed E-state index contributed by atoms with van der Waals surface area (Å²) in [5.74, 6) is 0. The van der Waals surface area contributed by atoms with Gasteiger partial charge in [-0.15, -0.1) is 0 Å². The van der Waals surface area contributed by atoms with Crippen molar-refractivity contribution in [1.29, 1.82) is 0 Å². The topological polar surface area (TPSA) is 12.5 Å². The zero-order valence-corrected chi connectivity index (χ0v) is 9.81. The number of ether oxygens (including phenoxy) is 1. The van der Waals surface area contributed by atoms with Crippen LogP contribution in [0, 0.1) is 0 Å². The minimum atomic E-state index is 0.0194. The van der Waals surface area contributed by atoms with Crippen LogP contribution in [0.3, 0.4) is 0 Å². The van der Waals surface area contributed by atoms with Gasteiger partial charge in [0.1, 0.15) is 0 Å². The monoisotopic (exact) mass is 197 g/mol. The van der Waals surface area contributed by atoms with E-state index in [-0.39, 0.29) is 5.60 Å². The molecule has 82 valence electrons. The minimum Gasteiger partial charge on any atom is -0.374 e. The van der Waals surface area contributed by atoms with Gasteiger partial charge in [-0.05, 0) is 59.5 Å². The predicted octanol–water partition coefficient (Wildman–Crippen LogP) is 2.43. The first kappa shape index (κ1) is 10.4. The maximum atomic E-state index is 5.98. The zero-order valence-electron chi connectivity index (χ0n) is 9.81. The highest BCUT2D eigenvalue weighted by Gasteiger charge is 2.44. The SMILES string of the molecule is CC(C)(C)OCC12CCCN1CCC2. The molecule has 0 aromatic carbocycles. The lowest BCUT2D eigenvalue weighted by Crippen LogP contribution is -2.44. The molecule has 0 atom stereocenters. The molecule has 0 spiro atoms. The highest BCUT2D eigenvalue weighted by molar-refractivity contribution is 5.00. The Hall–Kier alpha value is -0.0800. The first-order chi connectivity index (χ1) is 6.52. The van der Waals surface area contributed by atoms with E-state index in [1.807, 2.05) is 0 Å². The van der Waals surface area contributed by atoms with E-state index in [2.05, 4.69) is 25.7 Å². The second-order valence-electron chi connectivity index (χ2n) is 5.82. The summed E-state index contributed by atoms with van der Waals surface area (Å²) in [7, 11) is 0.